The van der Waals surface area contributed by atoms with Crippen LogP contribution >= 0.6 is 23.3 Å². The molecule has 10 nitrogen and oxygen atoms in total. The normalized spacial score (nSPS) is 16.6. The van der Waals surface area contributed by atoms with Gasteiger partial charge in [-0.25, -0.2) is 24.7 Å². The minimum absolute atomic E-state index is 0.150. The second-order valence-corrected chi connectivity index (χ2v) is 9.90. The van der Waals surface area contributed by atoms with Gasteiger partial charge in [-0.15, -0.1) is 23.3 Å². The molecule has 1 aromatic carbocycles. The maximum atomic E-state index is 12.4. The van der Waals surface area contributed by atoms with E-state index < -0.39 is 11.7 Å². The minimum atomic E-state index is -0.611. The highest BCUT2D eigenvalue weighted by atomic mass is 33.1. The number of thiol groups is 2. The number of aromatic nitrogens is 6. The molecule has 0 spiro atoms. The average Bonchev–Trinajstić information content (AvgIpc) is 3.53. The molecule has 202 valence electrons. The van der Waals surface area contributed by atoms with Crippen molar-refractivity contribution in [1.29, 1.82) is 0 Å². The summed E-state index contributed by atoms with van der Waals surface area (Å²) in [5, 5.41) is 18.0. The number of nitrogens with zero attached hydrogens (tertiary/aromatic N) is 6. The van der Waals surface area contributed by atoms with E-state index in [0.717, 1.165) is 23.8 Å². The number of anilines is 1. The molecule has 1 fully saturated rings. The molecule has 0 aliphatic heterocycles. The molecular weight excluding hydrogens is 534 g/mol. The highest BCUT2D eigenvalue weighted by molar-refractivity contribution is 8.59. The Hall–Kier alpha value is -3.66. The van der Waals surface area contributed by atoms with E-state index in [1.165, 1.54) is 4.68 Å². The first kappa shape index (κ1) is 28.4. The van der Waals surface area contributed by atoms with Gasteiger partial charge in [0.25, 0.3) is 0 Å². The Bertz CT molecular complexity index is 1530. The molecule has 3 aromatic heterocycles. The molecule has 3 heterocycles. The first-order chi connectivity index (χ1) is 18.7. The summed E-state index contributed by atoms with van der Waals surface area (Å²) >= 11 is 6.44. The number of hydrogen-bond acceptors (Lipinski definition) is 11. The standard InChI is InChI=1S/C27H27N7O3.H2S2/c1-27(2,3)37-26(36)34-23-9-5-17(14-18(23)16-30-34)4-6-19-10-12-28-24(31-19)22-11-13-29-25(33-22)32-20-7-8-21(35)15-20;1-2/h5,9-14,16,20-21,35H,7-8,15H2,1-3H3,(H,29,32,33);1-2H. The molecule has 2 unspecified atom stereocenters. The van der Waals surface area contributed by atoms with Gasteiger partial charge >= 0.3 is 6.09 Å². The van der Waals surface area contributed by atoms with Crippen LogP contribution in [0.3, 0.4) is 0 Å². The fourth-order valence-corrected chi connectivity index (χ4v) is 4.07. The van der Waals surface area contributed by atoms with Crippen LogP contribution in [0.25, 0.3) is 22.4 Å². The Labute approximate surface area is 236 Å². The second kappa shape index (κ2) is 12.5. The lowest BCUT2D eigenvalue weighted by molar-refractivity contribution is 0.0522. The molecule has 0 bridgehead atoms. The van der Waals surface area contributed by atoms with E-state index in [2.05, 4.69) is 65.5 Å². The molecule has 12 heteroatoms. The Kier molecular flexibility index (Phi) is 9.06. The van der Waals surface area contributed by atoms with Crippen molar-refractivity contribution in [3.05, 3.63) is 60.2 Å². The summed E-state index contributed by atoms with van der Waals surface area (Å²) in [5.41, 5.74) is 1.91. The Morgan fingerprint density at radius 1 is 1.10 bits per heavy atom. The first-order valence-electron chi connectivity index (χ1n) is 12.3. The van der Waals surface area contributed by atoms with Gasteiger partial charge in [0.15, 0.2) is 5.82 Å². The molecule has 2 atom stereocenters. The number of rotatable bonds is 3. The van der Waals surface area contributed by atoms with Crippen LogP contribution in [0.1, 0.15) is 51.3 Å². The lowest BCUT2D eigenvalue weighted by Gasteiger charge is -2.19. The van der Waals surface area contributed by atoms with Gasteiger partial charge in [0, 0.05) is 29.4 Å². The Morgan fingerprint density at radius 2 is 1.90 bits per heavy atom. The number of carbonyl (C=O) groups excluding carboxylic acids is 1. The number of benzene rings is 1. The van der Waals surface area contributed by atoms with Crippen molar-refractivity contribution < 1.29 is 14.6 Å². The van der Waals surface area contributed by atoms with E-state index >= 15 is 0 Å². The van der Waals surface area contributed by atoms with Gasteiger partial charge < -0.3 is 15.2 Å². The van der Waals surface area contributed by atoms with Crippen LogP contribution in [0.5, 0.6) is 0 Å². The number of aliphatic hydroxyl groups is 1. The average molecular weight is 564 g/mol. The minimum Gasteiger partial charge on any atom is -0.442 e. The van der Waals surface area contributed by atoms with Gasteiger partial charge in [-0.1, -0.05) is 5.92 Å². The van der Waals surface area contributed by atoms with Gasteiger partial charge in [-0.3, -0.25) is 0 Å². The van der Waals surface area contributed by atoms with Crippen molar-refractivity contribution in [1.82, 2.24) is 29.7 Å². The third-order valence-corrected chi connectivity index (χ3v) is 5.75. The fourth-order valence-electron chi connectivity index (χ4n) is 4.07. The smallest absolute Gasteiger partial charge is 0.435 e. The quantitative estimate of drug-likeness (QED) is 0.161. The van der Waals surface area contributed by atoms with Crippen LogP contribution in [-0.4, -0.2) is 58.7 Å². The summed E-state index contributed by atoms with van der Waals surface area (Å²) in [5.74, 6) is 7.10. The number of aliphatic hydroxyl groups excluding tert-OH is 1. The summed E-state index contributed by atoms with van der Waals surface area (Å²) in [6, 6.07) is 9.10. The zero-order valence-electron chi connectivity index (χ0n) is 21.7. The number of ether oxygens (including phenoxy) is 1. The first-order valence-corrected chi connectivity index (χ1v) is 13.9. The third-order valence-electron chi connectivity index (χ3n) is 5.75. The molecule has 0 saturated heterocycles. The molecular formula is C27H29N7O3S2. The van der Waals surface area contributed by atoms with E-state index in [1.807, 2.05) is 32.9 Å². The molecule has 5 rings (SSSR count). The molecule has 0 radical (unpaired) electrons. The SMILES string of the molecule is CC(C)(C)OC(=O)n1ncc2cc(C#Cc3ccnc(-c4ccnc(NC5CCC(O)C5)n4)n3)ccc21.SS. The highest BCUT2D eigenvalue weighted by Gasteiger charge is 2.23. The summed E-state index contributed by atoms with van der Waals surface area (Å²) in [7, 11) is 0. The van der Waals surface area contributed by atoms with Crippen LogP contribution in [0, 0.1) is 11.8 Å². The number of fused-ring (bicyclic) bond motifs is 1. The maximum absolute atomic E-state index is 12.4. The molecule has 1 aliphatic carbocycles. The lowest BCUT2D eigenvalue weighted by Crippen LogP contribution is -2.27. The summed E-state index contributed by atoms with van der Waals surface area (Å²) in [4.78, 5) is 30.1. The van der Waals surface area contributed by atoms with Crippen molar-refractivity contribution in [2.24, 2.45) is 0 Å². The van der Waals surface area contributed by atoms with Crippen molar-refractivity contribution >= 4 is 46.3 Å². The van der Waals surface area contributed by atoms with E-state index in [-0.39, 0.29) is 12.1 Å². The summed E-state index contributed by atoms with van der Waals surface area (Å²) in [6.07, 6.45) is 6.44. The molecule has 0 amide bonds. The number of hydrogen-bond donors (Lipinski definition) is 4. The maximum Gasteiger partial charge on any atom is 0.435 e. The fraction of sp³-hybridized carbons (Fsp3) is 0.333. The van der Waals surface area contributed by atoms with E-state index in [9.17, 15) is 9.90 Å². The molecule has 4 aromatic rings. The number of carbonyl (C=O) groups is 1. The van der Waals surface area contributed by atoms with E-state index in [0.29, 0.717) is 35.1 Å². The Morgan fingerprint density at radius 3 is 2.64 bits per heavy atom. The summed E-state index contributed by atoms with van der Waals surface area (Å²) < 4.78 is 6.66. The van der Waals surface area contributed by atoms with Gasteiger partial charge in [-0.2, -0.15) is 9.78 Å². The van der Waals surface area contributed by atoms with Crippen LogP contribution in [0.4, 0.5) is 10.7 Å². The molecule has 39 heavy (non-hydrogen) atoms. The third kappa shape index (κ3) is 7.47. The van der Waals surface area contributed by atoms with Gasteiger partial charge in [0.2, 0.25) is 5.95 Å². The molecule has 1 aliphatic rings. The van der Waals surface area contributed by atoms with E-state index in [4.69, 9.17) is 4.74 Å². The van der Waals surface area contributed by atoms with Crippen LogP contribution in [0.2, 0.25) is 0 Å². The van der Waals surface area contributed by atoms with Crippen LogP contribution < -0.4 is 5.32 Å². The molecule has 1 saturated carbocycles. The van der Waals surface area contributed by atoms with Gasteiger partial charge in [0.1, 0.15) is 17.0 Å². The predicted octanol–water partition coefficient (Wildman–Crippen LogP) is 4.55. The van der Waals surface area contributed by atoms with Crippen molar-refractivity contribution in [2.45, 2.75) is 57.8 Å². The Balaban J connectivity index is 0.00000172. The highest BCUT2D eigenvalue weighted by Crippen LogP contribution is 2.22. The summed E-state index contributed by atoms with van der Waals surface area (Å²) in [6.45, 7) is 5.43. The lowest BCUT2D eigenvalue weighted by atomic mass is 10.1. The van der Waals surface area contributed by atoms with E-state index in [1.54, 1.807) is 36.8 Å². The zero-order valence-corrected chi connectivity index (χ0v) is 23.5. The van der Waals surface area contributed by atoms with Crippen molar-refractivity contribution in [2.75, 3.05) is 5.32 Å². The van der Waals surface area contributed by atoms with Crippen molar-refractivity contribution in [3.8, 4) is 23.4 Å². The van der Waals surface area contributed by atoms with Crippen LogP contribution in [-0.2, 0) is 4.74 Å². The monoisotopic (exact) mass is 563 g/mol. The van der Waals surface area contributed by atoms with Gasteiger partial charge in [0.05, 0.1) is 17.8 Å². The topological polar surface area (TPSA) is 128 Å². The molecule has 2 N–H and O–H groups in total. The van der Waals surface area contributed by atoms with Gasteiger partial charge in [-0.05, 0) is 76.3 Å². The van der Waals surface area contributed by atoms with Crippen molar-refractivity contribution in [3.63, 3.8) is 0 Å². The number of nitrogens with one attached hydrogen (secondary N) is 1. The zero-order chi connectivity index (χ0) is 28.0. The largest absolute Gasteiger partial charge is 0.442 e. The van der Waals surface area contributed by atoms with Crippen LogP contribution in [0.15, 0.2) is 48.9 Å². The predicted molar refractivity (Wildman–Crippen MR) is 156 cm³/mol. The second-order valence-electron chi connectivity index (χ2n) is 9.90.